The first-order valence-corrected chi connectivity index (χ1v) is 12.1. The number of alkyl carbamates (subject to hydrolysis) is 1. The molecule has 0 radical (unpaired) electrons. The largest absolute Gasteiger partial charge is 0.508 e. The van der Waals surface area contributed by atoms with Crippen LogP contribution in [-0.2, 0) is 14.3 Å². The standard InChI is InChI=1S/C24H37N3O5S/c1-6-9-15(2)25-21(29)20(17-10-7-8-11-19(17)28)27(16-12-13-16)22(30)18(14-33)26-23(31)32-24(3,4)5/h7-8,10-11,15-16,18,20,28,33H,6,9,12-14H2,1-5H3,(H,25,29)(H,26,31). The van der Waals surface area contributed by atoms with E-state index in [2.05, 4.69) is 23.3 Å². The maximum atomic E-state index is 13.6. The molecule has 0 saturated heterocycles. The number of hydrogen-bond acceptors (Lipinski definition) is 6. The molecule has 0 spiro atoms. The topological polar surface area (TPSA) is 108 Å². The van der Waals surface area contributed by atoms with Crippen LogP contribution in [0.4, 0.5) is 4.79 Å². The molecule has 0 aromatic heterocycles. The van der Waals surface area contributed by atoms with E-state index in [9.17, 15) is 19.5 Å². The Labute approximate surface area is 201 Å². The number of aromatic hydroxyl groups is 1. The van der Waals surface area contributed by atoms with Gasteiger partial charge in [-0.3, -0.25) is 9.59 Å². The molecular weight excluding hydrogens is 442 g/mol. The Bertz CT molecular complexity index is 838. The zero-order valence-electron chi connectivity index (χ0n) is 20.1. The van der Waals surface area contributed by atoms with Gasteiger partial charge in [0.05, 0.1) is 0 Å². The van der Waals surface area contributed by atoms with Gasteiger partial charge >= 0.3 is 6.09 Å². The fraction of sp³-hybridized carbons (Fsp3) is 0.625. The monoisotopic (exact) mass is 479 g/mol. The van der Waals surface area contributed by atoms with Crippen molar-refractivity contribution in [2.75, 3.05) is 5.75 Å². The summed E-state index contributed by atoms with van der Waals surface area (Å²) >= 11 is 4.27. The molecule has 1 saturated carbocycles. The summed E-state index contributed by atoms with van der Waals surface area (Å²) in [6, 6.07) is 4.24. The second-order valence-corrected chi connectivity index (χ2v) is 9.88. The molecule has 0 bridgehead atoms. The summed E-state index contributed by atoms with van der Waals surface area (Å²) < 4.78 is 5.29. The van der Waals surface area contributed by atoms with Gasteiger partial charge in [0, 0.05) is 23.4 Å². The van der Waals surface area contributed by atoms with Gasteiger partial charge in [-0.2, -0.15) is 12.6 Å². The molecule has 1 aromatic rings. The lowest BCUT2D eigenvalue weighted by molar-refractivity contribution is -0.143. The van der Waals surface area contributed by atoms with Crippen LogP contribution in [0.15, 0.2) is 24.3 Å². The van der Waals surface area contributed by atoms with Crippen LogP contribution in [0.5, 0.6) is 5.75 Å². The quantitative estimate of drug-likeness (QED) is 0.384. The van der Waals surface area contributed by atoms with Gasteiger partial charge in [-0.15, -0.1) is 0 Å². The summed E-state index contributed by atoms with van der Waals surface area (Å²) in [5.41, 5.74) is -0.382. The molecule has 184 valence electrons. The highest BCUT2D eigenvalue weighted by atomic mass is 32.1. The average molecular weight is 480 g/mol. The molecule has 1 aliphatic rings. The highest BCUT2D eigenvalue weighted by Gasteiger charge is 2.44. The average Bonchev–Trinajstić information content (AvgIpc) is 3.54. The number of nitrogens with zero attached hydrogens (tertiary/aromatic N) is 1. The Balaban J connectivity index is 2.38. The van der Waals surface area contributed by atoms with Crippen LogP contribution >= 0.6 is 12.6 Å². The number of ether oxygens (including phenoxy) is 1. The minimum absolute atomic E-state index is 0.0304. The van der Waals surface area contributed by atoms with E-state index in [1.54, 1.807) is 39.0 Å². The van der Waals surface area contributed by atoms with Crippen molar-refractivity contribution in [2.45, 2.75) is 90.1 Å². The normalized spacial score (nSPS) is 16.3. The Morgan fingerprint density at radius 1 is 1.21 bits per heavy atom. The van der Waals surface area contributed by atoms with Gasteiger partial charge in [0.25, 0.3) is 0 Å². The zero-order valence-corrected chi connectivity index (χ0v) is 21.0. The maximum Gasteiger partial charge on any atom is 0.408 e. The first-order chi connectivity index (χ1) is 15.5. The smallest absolute Gasteiger partial charge is 0.408 e. The second kappa shape index (κ2) is 11.6. The van der Waals surface area contributed by atoms with E-state index in [0.29, 0.717) is 5.56 Å². The van der Waals surface area contributed by atoms with Crippen molar-refractivity contribution < 1.29 is 24.2 Å². The lowest BCUT2D eigenvalue weighted by atomic mass is 10.0. The van der Waals surface area contributed by atoms with Crippen molar-refractivity contribution in [3.8, 4) is 5.75 Å². The highest BCUT2D eigenvalue weighted by molar-refractivity contribution is 7.80. The molecule has 1 aromatic carbocycles. The lowest BCUT2D eigenvalue weighted by Gasteiger charge is -2.35. The van der Waals surface area contributed by atoms with Crippen molar-refractivity contribution in [3.05, 3.63) is 29.8 Å². The minimum atomic E-state index is -1.03. The van der Waals surface area contributed by atoms with E-state index in [1.165, 1.54) is 11.0 Å². The molecule has 0 aliphatic heterocycles. The number of carbonyl (C=O) groups excluding carboxylic acids is 3. The van der Waals surface area contributed by atoms with Crippen molar-refractivity contribution in [3.63, 3.8) is 0 Å². The molecule has 3 unspecified atom stereocenters. The van der Waals surface area contributed by atoms with E-state index in [0.717, 1.165) is 25.7 Å². The van der Waals surface area contributed by atoms with Gasteiger partial charge in [-0.05, 0) is 53.0 Å². The molecule has 9 heteroatoms. The second-order valence-electron chi connectivity index (χ2n) is 9.52. The molecule has 3 amide bonds. The third kappa shape index (κ3) is 7.84. The first kappa shape index (κ1) is 26.8. The Morgan fingerprint density at radius 2 is 1.85 bits per heavy atom. The molecule has 3 N–H and O–H groups in total. The summed E-state index contributed by atoms with van der Waals surface area (Å²) in [6.07, 6.45) is 2.43. The fourth-order valence-corrected chi connectivity index (χ4v) is 3.90. The number of nitrogens with one attached hydrogen (secondary N) is 2. The van der Waals surface area contributed by atoms with Gasteiger partial charge in [0.2, 0.25) is 11.8 Å². The van der Waals surface area contributed by atoms with Crippen LogP contribution in [0.25, 0.3) is 0 Å². The van der Waals surface area contributed by atoms with Gasteiger partial charge in [-0.25, -0.2) is 4.79 Å². The van der Waals surface area contributed by atoms with Gasteiger partial charge in [0.1, 0.15) is 23.4 Å². The van der Waals surface area contributed by atoms with Crippen molar-refractivity contribution in [2.24, 2.45) is 0 Å². The number of rotatable bonds is 10. The molecule has 33 heavy (non-hydrogen) atoms. The van der Waals surface area contributed by atoms with E-state index < -0.39 is 29.7 Å². The van der Waals surface area contributed by atoms with Crippen molar-refractivity contribution >= 4 is 30.5 Å². The van der Waals surface area contributed by atoms with Crippen LogP contribution in [0.2, 0.25) is 0 Å². The van der Waals surface area contributed by atoms with Crippen molar-refractivity contribution in [1.29, 1.82) is 0 Å². The van der Waals surface area contributed by atoms with E-state index in [-0.39, 0.29) is 29.5 Å². The summed E-state index contributed by atoms with van der Waals surface area (Å²) in [7, 11) is 0. The van der Waals surface area contributed by atoms with E-state index in [1.807, 2.05) is 13.8 Å². The Kier molecular flexibility index (Phi) is 9.46. The third-order valence-corrected chi connectivity index (χ3v) is 5.60. The van der Waals surface area contributed by atoms with Gasteiger partial charge < -0.3 is 25.4 Å². The number of benzene rings is 1. The number of hydrogen-bond donors (Lipinski definition) is 4. The number of phenols is 1. The maximum absolute atomic E-state index is 13.6. The van der Waals surface area contributed by atoms with E-state index in [4.69, 9.17) is 4.74 Å². The number of carbonyl (C=O) groups is 3. The Hall–Kier alpha value is -2.42. The zero-order chi connectivity index (χ0) is 24.8. The third-order valence-electron chi connectivity index (χ3n) is 5.23. The summed E-state index contributed by atoms with van der Waals surface area (Å²) in [4.78, 5) is 40.9. The van der Waals surface area contributed by atoms with Crippen molar-refractivity contribution in [1.82, 2.24) is 15.5 Å². The number of phenolic OH excluding ortho intramolecular Hbond substituents is 1. The SMILES string of the molecule is CCCC(C)NC(=O)C(c1ccccc1O)N(C(=O)C(CS)NC(=O)OC(C)(C)C)C1CC1. The minimum Gasteiger partial charge on any atom is -0.508 e. The number of amides is 3. The van der Waals surface area contributed by atoms with Crippen LogP contribution in [0.1, 0.15) is 71.9 Å². The number of thiol groups is 1. The van der Waals surface area contributed by atoms with Crippen LogP contribution in [0.3, 0.4) is 0 Å². The van der Waals surface area contributed by atoms with Crippen LogP contribution < -0.4 is 10.6 Å². The number of para-hydroxylation sites is 1. The first-order valence-electron chi connectivity index (χ1n) is 11.5. The molecule has 0 heterocycles. The molecule has 1 aliphatic carbocycles. The molecule has 2 rings (SSSR count). The molecule has 1 fully saturated rings. The molecular formula is C24H37N3O5S. The fourth-order valence-electron chi connectivity index (χ4n) is 3.65. The lowest BCUT2D eigenvalue weighted by Crippen LogP contribution is -2.55. The predicted molar refractivity (Wildman–Crippen MR) is 130 cm³/mol. The van der Waals surface area contributed by atoms with Gasteiger partial charge in [-0.1, -0.05) is 31.5 Å². The summed E-state index contributed by atoms with van der Waals surface area (Å²) in [5, 5.41) is 16.1. The molecule has 8 nitrogen and oxygen atoms in total. The Morgan fingerprint density at radius 3 is 2.36 bits per heavy atom. The van der Waals surface area contributed by atoms with Crippen LogP contribution in [-0.4, -0.2) is 57.4 Å². The highest BCUT2D eigenvalue weighted by Crippen LogP contribution is 2.38. The predicted octanol–water partition coefficient (Wildman–Crippen LogP) is 3.55. The van der Waals surface area contributed by atoms with Gasteiger partial charge in [0.15, 0.2) is 0 Å². The van der Waals surface area contributed by atoms with Crippen LogP contribution in [0, 0.1) is 0 Å². The summed E-state index contributed by atoms with van der Waals surface area (Å²) in [5.74, 6) is -0.845. The summed E-state index contributed by atoms with van der Waals surface area (Å²) in [6.45, 7) is 9.14. The molecule has 3 atom stereocenters. The van der Waals surface area contributed by atoms with E-state index >= 15 is 0 Å².